The number of hydrogen-bond acceptors (Lipinski definition) is 7. The molecule has 6 nitrogen and oxygen atoms in total. The van der Waals surface area contributed by atoms with E-state index in [1.54, 1.807) is 10.9 Å². The van der Waals surface area contributed by atoms with Gasteiger partial charge in [0.05, 0.1) is 30.4 Å². The van der Waals surface area contributed by atoms with E-state index >= 15 is 0 Å². The molecule has 1 aromatic heterocycles. The fraction of sp³-hybridized carbons (Fsp3) is 0.826. The van der Waals surface area contributed by atoms with Gasteiger partial charge in [-0.15, -0.1) is 0 Å². The van der Waals surface area contributed by atoms with Gasteiger partial charge in [-0.3, -0.25) is 4.79 Å². The third kappa shape index (κ3) is 4.82. The number of aliphatic hydroxyl groups excluding tert-OH is 1. The standard InChI is InChI=1S/C23H36N2O4S2/c1-13-11-17(14(2)20-19(28-4)9-10-30-22(13)20)21(27)18-12-24-25(3)23(18)29-31-16-7-5-15(26)6-8-16/h12-17,19-20,22,26H,5-11H2,1-4H3. The molecular weight excluding hydrogens is 432 g/mol. The number of ketones is 1. The average Bonchev–Trinajstić information content (AvgIpc) is 3.15. The van der Waals surface area contributed by atoms with Crippen molar-refractivity contribution in [2.24, 2.45) is 30.7 Å². The molecule has 0 aromatic carbocycles. The molecule has 0 bridgehead atoms. The second-order valence-corrected chi connectivity index (χ2v) is 11.9. The maximum atomic E-state index is 13.7. The van der Waals surface area contributed by atoms with Gasteiger partial charge in [-0.05, 0) is 56.1 Å². The van der Waals surface area contributed by atoms with Gasteiger partial charge in [-0.25, -0.2) is 4.68 Å². The van der Waals surface area contributed by atoms with E-state index < -0.39 is 0 Å². The van der Waals surface area contributed by atoms with E-state index in [0.29, 0.717) is 33.8 Å². The van der Waals surface area contributed by atoms with Crippen LogP contribution in [0.5, 0.6) is 5.88 Å². The fourth-order valence-corrected chi connectivity index (χ4v) is 8.42. The first kappa shape index (κ1) is 23.5. The highest BCUT2D eigenvalue weighted by atomic mass is 32.2. The van der Waals surface area contributed by atoms with Crippen LogP contribution in [0.1, 0.15) is 62.7 Å². The lowest BCUT2D eigenvalue weighted by Gasteiger charge is -2.49. The van der Waals surface area contributed by atoms with Crippen LogP contribution in [0.15, 0.2) is 6.20 Å². The molecule has 0 spiro atoms. The summed E-state index contributed by atoms with van der Waals surface area (Å²) in [5.41, 5.74) is 0.603. The summed E-state index contributed by atoms with van der Waals surface area (Å²) in [6, 6.07) is 0. The van der Waals surface area contributed by atoms with Crippen LogP contribution >= 0.6 is 23.8 Å². The summed E-state index contributed by atoms with van der Waals surface area (Å²) in [7, 11) is 3.65. The van der Waals surface area contributed by atoms with Gasteiger partial charge in [0.25, 0.3) is 0 Å². The summed E-state index contributed by atoms with van der Waals surface area (Å²) >= 11 is 3.49. The smallest absolute Gasteiger partial charge is 0.237 e. The Kier molecular flexibility index (Phi) is 7.61. The number of methoxy groups -OCH3 is 1. The van der Waals surface area contributed by atoms with Crippen LogP contribution in [0.4, 0.5) is 0 Å². The number of rotatable bonds is 6. The first-order valence-corrected chi connectivity index (χ1v) is 13.5. The Bertz CT molecular complexity index is 765. The van der Waals surface area contributed by atoms with E-state index in [0.717, 1.165) is 44.3 Å². The number of aliphatic hydroxyl groups is 1. The van der Waals surface area contributed by atoms with E-state index in [4.69, 9.17) is 8.92 Å². The van der Waals surface area contributed by atoms with Gasteiger partial charge < -0.3 is 14.0 Å². The first-order chi connectivity index (χ1) is 14.9. The third-order valence-electron chi connectivity index (χ3n) is 7.65. The molecule has 6 atom stereocenters. The molecule has 1 N–H and O–H groups in total. The fourth-order valence-electron chi connectivity index (χ4n) is 5.80. The molecule has 1 aliphatic heterocycles. The van der Waals surface area contributed by atoms with Crippen molar-refractivity contribution in [3.8, 4) is 5.88 Å². The highest BCUT2D eigenvalue weighted by Crippen LogP contribution is 2.50. The van der Waals surface area contributed by atoms with Gasteiger partial charge in [-0.2, -0.15) is 16.9 Å². The molecule has 3 fully saturated rings. The number of hydrogen-bond donors (Lipinski definition) is 1. The summed E-state index contributed by atoms with van der Waals surface area (Å²) in [6.07, 6.45) is 7.20. The number of aryl methyl sites for hydroxylation is 1. The first-order valence-electron chi connectivity index (χ1n) is 11.6. The molecule has 6 unspecified atom stereocenters. The number of carbonyl (C=O) groups is 1. The van der Waals surface area contributed by atoms with Gasteiger partial charge in [0.1, 0.15) is 5.56 Å². The minimum atomic E-state index is -0.182. The average molecular weight is 469 g/mol. The Morgan fingerprint density at radius 3 is 2.71 bits per heavy atom. The van der Waals surface area contributed by atoms with Crippen LogP contribution in [-0.2, 0) is 11.8 Å². The highest BCUT2D eigenvalue weighted by Gasteiger charge is 2.49. The molecule has 0 amide bonds. The molecular formula is C23H36N2O4S2. The number of nitrogens with zero attached hydrogens (tertiary/aromatic N) is 2. The molecule has 4 rings (SSSR count). The van der Waals surface area contributed by atoms with Crippen LogP contribution in [0.25, 0.3) is 0 Å². The van der Waals surface area contributed by atoms with Gasteiger partial charge in [-0.1, -0.05) is 13.8 Å². The van der Waals surface area contributed by atoms with Crippen LogP contribution in [0.2, 0.25) is 0 Å². The monoisotopic (exact) mass is 468 g/mol. The van der Waals surface area contributed by atoms with Crippen molar-refractivity contribution >= 4 is 29.6 Å². The normalized spacial score (nSPS) is 38.5. The van der Waals surface area contributed by atoms with Crippen molar-refractivity contribution in [3.63, 3.8) is 0 Å². The second-order valence-electron chi connectivity index (χ2n) is 9.62. The Morgan fingerprint density at radius 2 is 2.00 bits per heavy atom. The minimum Gasteiger partial charge on any atom is -0.405 e. The topological polar surface area (TPSA) is 73.6 Å². The second kappa shape index (κ2) is 10.1. The predicted molar refractivity (Wildman–Crippen MR) is 126 cm³/mol. The number of ether oxygens (including phenoxy) is 1. The number of fused-ring (bicyclic) bond motifs is 1. The van der Waals surface area contributed by atoms with E-state index in [2.05, 4.69) is 30.7 Å². The largest absolute Gasteiger partial charge is 0.405 e. The molecule has 1 saturated heterocycles. The van der Waals surface area contributed by atoms with E-state index in [-0.39, 0.29) is 29.8 Å². The zero-order valence-corrected chi connectivity index (χ0v) is 20.7. The molecule has 2 heterocycles. The highest BCUT2D eigenvalue weighted by molar-refractivity contribution is 8.00. The van der Waals surface area contributed by atoms with Crippen molar-refractivity contribution in [1.29, 1.82) is 0 Å². The van der Waals surface area contributed by atoms with Gasteiger partial charge in [0, 0.05) is 36.5 Å². The molecule has 8 heteroatoms. The summed E-state index contributed by atoms with van der Waals surface area (Å²) in [6.45, 7) is 4.53. The molecule has 0 radical (unpaired) electrons. The summed E-state index contributed by atoms with van der Waals surface area (Å²) < 4.78 is 13.6. The molecule has 3 aliphatic rings. The lowest BCUT2D eigenvalue weighted by Crippen LogP contribution is -2.50. The Hall–Kier alpha value is -0.700. The van der Waals surface area contributed by atoms with Crippen molar-refractivity contribution in [3.05, 3.63) is 11.8 Å². The number of aromatic nitrogens is 2. The van der Waals surface area contributed by atoms with Crippen molar-refractivity contribution in [1.82, 2.24) is 9.78 Å². The maximum absolute atomic E-state index is 13.7. The van der Waals surface area contributed by atoms with Gasteiger partial charge >= 0.3 is 0 Å². The predicted octanol–water partition coefficient (Wildman–Crippen LogP) is 4.36. The van der Waals surface area contributed by atoms with Crippen molar-refractivity contribution in [2.45, 2.75) is 75.1 Å². The van der Waals surface area contributed by atoms with E-state index in [1.807, 2.05) is 14.2 Å². The lowest BCUT2D eigenvalue weighted by atomic mass is 9.64. The molecule has 1 aromatic rings. The van der Waals surface area contributed by atoms with Crippen molar-refractivity contribution < 1.29 is 18.8 Å². The lowest BCUT2D eigenvalue weighted by molar-refractivity contribution is -0.0139. The van der Waals surface area contributed by atoms with Gasteiger partial charge in [0.15, 0.2) is 5.78 Å². The van der Waals surface area contributed by atoms with Crippen LogP contribution in [-0.4, -0.2) is 56.2 Å². The maximum Gasteiger partial charge on any atom is 0.237 e. The minimum absolute atomic E-state index is 0.0334. The number of carbonyl (C=O) groups excluding carboxylic acids is 1. The Morgan fingerprint density at radius 1 is 1.26 bits per heavy atom. The summed E-state index contributed by atoms with van der Waals surface area (Å²) in [5.74, 6) is 3.00. The van der Waals surface area contributed by atoms with Crippen LogP contribution in [0.3, 0.4) is 0 Å². The number of thioether (sulfide) groups is 1. The van der Waals surface area contributed by atoms with Crippen molar-refractivity contribution in [2.75, 3.05) is 12.9 Å². The van der Waals surface area contributed by atoms with Gasteiger partial charge in [0.2, 0.25) is 5.88 Å². The van der Waals surface area contributed by atoms with E-state index in [9.17, 15) is 9.90 Å². The molecule has 174 valence electrons. The zero-order chi connectivity index (χ0) is 22.1. The Balaban J connectivity index is 1.49. The molecule has 2 aliphatic carbocycles. The third-order valence-corrected chi connectivity index (χ3v) is 10.3. The van der Waals surface area contributed by atoms with Crippen LogP contribution in [0, 0.1) is 23.7 Å². The Labute approximate surface area is 194 Å². The quantitative estimate of drug-likeness (QED) is 0.491. The van der Waals surface area contributed by atoms with Crippen LogP contribution < -0.4 is 4.18 Å². The summed E-state index contributed by atoms with van der Waals surface area (Å²) in [5, 5.41) is 15.0. The van der Waals surface area contributed by atoms with E-state index in [1.165, 1.54) is 12.0 Å². The number of Topliss-reactive ketones (excluding diaryl/α,β-unsaturated/α-hetero) is 1. The molecule has 31 heavy (non-hydrogen) atoms. The molecule has 2 saturated carbocycles. The SMILES string of the molecule is COC1CCSC2C(C)CC(C(=O)c3cnn(C)c3OSC3CCC(O)CC3)C(C)C12. The summed E-state index contributed by atoms with van der Waals surface area (Å²) in [4.78, 5) is 13.7. The zero-order valence-electron chi connectivity index (χ0n) is 19.0.